The SMILES string of the molecule is N#Cc1ccccc1-c1ccccc1C(=O)NCC(=O)Nc1ccc(-n2cccn2)cc1. The molecule has 2 N–H and O–H groups in total. The molecule has 0 atom stereocenters. The second-order valence-electron chi connectivity index (χ2n) is 6.93. The van der Waals surface area contributed by atoms with E-state index < -0.39 is 5.91 Å². The van der Waals surface area contributed by atoms with Crippen LogP contribution in [0.1, 0.15) is 15.9 Å². The van der Waals surface area contributed by atoms with E-state index in [-0.39, 0.29) is 12.5 Å². The molecule has 0 aliphatic heterocycles. The topological polar surface area (TPSA) is 99.8 Å². The summed E-state index contributed by atoms with van der Waals surface area (Å²) in [6.45, 7) is -0.187. The minimum absolute atomic E-state index is 0.187. The summed E-state index contributed by atoms with van der Waals surface area (Å²) in [4.78, 5) is 25.1. The third-order valence-corrected chi connectivity index (χ3v) is 4.84. The maximum absolute atomic E-state index is 12.8. The highest BCUT2D eigenvalue weighted by molar-refractivity contribution is 6.03. The molecular formula is C25H19N5O2. The van der Waals surface area contributed by atoms with Crippen LogP contribution in [-0.4, -0.2) is 28.1 Å². The van der Waals surface area contributed by atoms with Gasteiger partial charge in [-0.1, -0.05) is 36.4 Å². The summed E-state index contributed by atoms with van der Waals surface area (Å²) in [5.74, 6) is -0.738. The van der Waals surface area contributed by atoms with E-state index in [0.717, 1.165) is 5.69 Å². The predicted octanol–water partition coefficient (Wildman–Crippen LogP) is 3.78. The Morgan fingerprint density at radius 2 is 1.62 bits per heavy atom. The lowest BCUT2D eigenvalue weighted by atomic mass is 9.95. The number of carbonyl (C=O) groups excluding carboxylic acids is 2. The molecule has 0 fully saturated rings. The molecular weight excluding hydrogens is 402 g/mol. The molecule has 0 radical (unpaired) electrons. The van der Waals surface area contributed by atoms with E-state index in [4.69, 9.17) is 0 Å². The molecule has 0 aliphatic carbocycles. The van der Waals surface area contributed by atoms with Crippen LogP contribution < -0.4 is 10.6 Å². The van der Waals surface area contributed by atoms with E-state index in [2.05, 4.69) is 21.8 Å². The molecule has 0 saturated carbocycles. The van der Waals surface area contributed by atoms with E-state index in [1.54, 1.807) is 65.5 Å². The average molecular weight is 421 g/mol. The Kier molecular flexibility index (Phi) is 6.05. The first-order valence-electron chi connectivity index (χ1n) is 9.92. The molecule has 1 heterocycles. The van der Waals surface area contributed by atoms with Gasteiger partial charge in [0.1, 0.15) is 0 Å². The molecule has 156 valence electrons. The lowest BCUT2D eigenvalue weighted by Crippen LogP contribution is -2.33. The van der Waals surface area contributed by atoms with Crippen molar-refractivity contribution in [2.24, 2.45) is 0 Å². The first kappa shape index (κ1) is 20.6. The van der Waals surface area contributed by atoms with Crippen molar-refractivity contribution in [2.45, 2.75) is 0 Å². The van der Waals surface area contributed by atoms with Gasteiger partial charge in [-0.3, -0.25) is 9.59 Å². The number of nitriles is 1. The zero-order chi connectivity index (χ0) is 22.3. The summed E-state index contributed by atoms with van der Waals surface area (Å²) in [6.07, 6.45) is 3.52. The van der Waals surface area contributed by atoms with Crippen molar-refractivity contribution < 1.29 is 9.59 Å². The second-order valence-corrected chi connectivity index (χ2v) is 6.93. The largest absolute Gasteiger partial charge is 0.343 e. The summed E-state index contributed by atoms with van der Waals surface area (Å²) >= 11 is 0. The van der Waals surface area contributed by atoms with Crippen LogP contribution in [-0.2, 0) is 4.79 Å². The highest BCUT2D eigenvalue weighted by atomic mass is 16.2. The maximum atomic E-state index is 12.8. The van der Waals surface area contributed by atoms with Gasteiger partial charge in [-0.05, 0) is 48.0 Å². The van der Waals surface area contributed by atoms with E-state index in [1.807, 2.05) is 30.5 Å². The van der Waals surface area contributed by atoms with E-state index in [9.17, 15) is 14.9 Å². The highest BCUT2D eigenvalue weighted by Gasteiger charge is 2.15. The Labute approximate surface area is 184 Å². The van der Waals surface area contributed by atoms with Crippen molar-refractivity contribution in [3.63, 3.8) is 0 Å². The molecule has 0 unspecified atom stereocenters. The fourth-order valence-corrected chi connectivity index (χ4v) is 3.31. The van der Waals surface area contributed by atoms with Crippen molar-refractivity contribution in [3.8, 4) is 22.9 Å². The van der Waals surface area contributed by atoms with Crippen LogP contribution in [0.2, 0.25) is 0 Å². The molecule has 4 aromatic rings. The summed E-state index contributed by atoms with van der Waals surface area (Å²) in [6, 6.07) is 25.3. The number of aromatic nitrogens is 2. The van der Waals surface area contributed by atoms with Crippen LogP contribution in [0.3, 0.4) is 0 Å². The number of anilines is 1. The van der Waals surface area contributed by atoms with Crippen molar-refractivity contribution in [3.05, 3.63) is 102 Å². The quantitative estimate of drug-likeness (QED) is 0.495. The molecule has 0 aliphatic rings. The Morgan fingerprint density at radius 3 is 2.34 bits per heavy atom. The summed E-state index contributed by atoms with van der Waals surface area (Å²) in [7, 11) is 0. The third kappa shape index (κ3) is 4.55. The highest BCUT2D eigenvalue weighted by Crippen LogP contribution is 2.26. The first-order chi connectivity index (χ1) is 15.7. The van der Waals surface area contributed by atoms with Crippen molar-refractivity contribution in [1.82, 2.24) is 15.1 Å². The lowest BCUT2D eigenvalue weighted by Gasteiger charge is -2.12. The normalized spacial score (nSPS) is 10.2. The van der Waals surface area contributed by atoms with Crippen LogP contribution in [0.5, 0.6) is 0 Å². The molecule has 2 amide bonds. The monoisotopic (exact) mass is 421 g/mol. The van der Waals surface area contributed by atoms with Gasteiger partial charge in [0.25, 0.3) is 5.91 Å². The van der Waals surface area contributed by atoms with Gasteiger partial charge in [-0.2, -0.15) is 10.4 Å². The molecule has 0 spiro atoms. The van der Waals surface area contributed by atoms with Gasteiger partial charge in [0.2, 0.25) is 5.91 Å². The summed E-state index contributed by atoms with van der Waals surface area (Å²) in [5, 5.41) is 19.0. The van der Waals surface area contributed by atoms with Gasteiger partial charge in [0.05, 0.1) is 23.9 Å². The molecule has 3 aromatic carbocycles. The number of carbonyl (C=O) groups is 2. The Bertz CT molecular complexity index is 1290. The number of nitrogens with zero attached hydrogens (tertiary/aromatic N) is 3. The number of hydrogen-bond donors (Lipinski definition) is 2. The van der Waals surface area contributed by atoms with E-state index in [1.165, 1.54) is 0 Å². The van der Waals surface area contributed by atoms with Gasteiger partial charge in [-0.25, -0.2) is 4.68 Å². The zero-order valence-electron chi connectivity index (χ0n) is 17.0. The van der Waals surface area contributed by atoms with E-state index >= 15 is 0 Å². The van der Waals surface area contributed by atoms with Gasteiger partial charge in [-0.15, -0.1) is 0 Å². The number of nitrogens with one attached hydrogen (secondary N) is 2. The Morgan fingerprint density at radius 1 is 0.906 bits per heavy atom. The maximum Gasteiger partial charge on any atom is 0.252 e. The number of benzene rings is 3. The third-order valence-electron chi connectivity index (χ3n) is 4.84. The van der Waals surface area contributed by atoms with Gasteiger partial charge < -0.3 is 10.6 Å². The number of hydrogen-bond acceptors (Lipinski definition) is 4. The molecule has 0 saturated heterocycles. The standard InChI is InChI=1S/C25H19N5O2/c26-16-18-6-1-2-7-21(18)22-8-3-4-9-23(22)25(32)27-17-24(31)29-19-10-12-20(13-11-19)30-15-5-14-28-30/h1-15H,17H2,(H,27,32)(H,29,31). The van der Waals surface area contributed by atoms with Crippen molar-refractivity contribution in [2.75, 3.05) is 11.9 Å². The first-order valence-corrected chi connectivity index (χ1v) is 9.92. The molecule has 32 heavy (non-hydrogen) atoms. The number of rotatable bonds is 6. The zero-order valence-corrected chi connectivity index (χ0v) is 17.0. The van der Waals surface area contributed by atoms with Gasteiger partial charge in [0, 0.05) is 29.2 Å². The summed E-state index contributed by atoms with van der Waals surface area (Å²) in [5.41, 5.74) is 3.66. The van der Waals surface area contributed by atoms with Gasteiger partial charge in [0.15, 0.2) is 0 Å². The smallest absolute Gasteiger partial charge is 0.252 e. The fraction of sp³-hybridized carbons (Fsp3) is 0.0400. The van der Waals surface area contributed by atoms with Crippen molar-refractivity contribution >= 4 is 17.5 Å². The van der Waals surface area contributed by atoms with E-state index in [0.29, 0.717) is 27.9 Å². The molecule has 0 bridgehead atoms. The van der Waals surface area contributed by atoms with Crippen LogP contribution in [0.25, 0.3) is 16.8 Å². The van der Waals surface area contributed by atoms with Crippen LogP contribution in [0.15, 0.2) is 91.3 Å². The minimum atomic E-state index is -0.391. The molecule has 1 aromatic heterocycles. The average Bonchev–Trinajstić information content (AvgIpc) is 3.38. The Balaban J connectivity index is 1.41. The number of amides is 2. The van der Waals surface area contributed by atoms with Crippen molar-refractivity contribution in [1.29, 1.82) is 5.26 Å². The molecule has 7 nitrogen and oxygen atoms in total. The van der Waals surface area contributed by atoms with Crippen LogP contribution in [0, 0.1) is 11.3 Å². The van der Waals surface area contributed by atoms with Gasteiger partial charge >= 0.3 is 0 Å². The predicted molar refractivity (Wildman–Crippen MR) is 121 cm³/mol. The minimum Gasteiger partial charge on any atom is -0.343 e. The lowest BCUT2D eigenvalue weighted by molar-refractivity contribution is -0.115. The van der Waals surface area contributed by atoms with Crippen LogP contribution in [0.4, 0.5) is 5.69 Å². The summed E-state index contributed by atoms with van der Waals surface area (Å²) < 4.78 is 1.72. The second kappa shape index (κ2) is 9.41. The Hall–Kier alpha value is -4.70. The van der Waals surface area contributed by atoms with Crippen LogP contribution >= 0.6 is 0 Å². The molecule has 7 heteroatoms. The fourth-order valence-electron chi connectivity index (χ4n) is 3.31. The molecule has 4 rings (SSSR count).